The van der Waals surface area contributed by atoms with Crippen LogP contribution in [0, 0.1) is 0 Å². The summed E-state index contributed by atoms with van der Waals surface area (Å²) in [5.41, 5.74) is 6.63. The SMILES string of the molecule is CCCCC(CN)NS(=O)(=O)CCc1ccccc1. The molecule has 0 aliphatic carbocycles. The second kappa shape index (κ2) is 8.30. The highest BCUT2D eigenvalue weighted by atomic mass is 32.2. The van der Waals surface area contributed by atoms with Crippen LogP contribution >= 0.6 is 0 Å². The standard InChI is InChI=1S/C14H24N2O2S/c1-2-3-9-14(12-15)16-19(17,18)11-10-13-7-5-4-6-8-13/h4-8,14,16H,2-3,9-12,15H2,1H3. The van der Waals surface area contributed by atoms with E-state index in [-0.39, 0.29) is 11.8 Å². The lowest BCUT2D eigenvalue weighted by Crippen LogP contribution is -2.41. The monoisotopic (exact) mass is 284 g/mol. The first kappa shape index (κ1) is 16.1. The fourth-order valence-electron chi connectivity index (χ4n) is 1.89. The number of hydrogen-bond acceptors (Lipinski definition) is 3. The molecular formula is C14H24N2O2S. The third-order valence-electron chi connectivity index (χ3n) is 3.04. The lowest BCUT2D eigenvalue weighted by molar-refractivity contribution is 0.516. The Morgan fingerprint density at radius 3 is 2.53 bits per heavy atom. The topological polar surface area (TPSA) is 72.2 Å². The summed E-state index contributed by atoms with van der Waals surface area (Å²) in [6.45, 7) is 2.43. The third-order valence-corrected chi connectivity index (χ3v) is 4.47. The molecule has 3 N–H and O–H groups in total. The van der Waals surface area contributed by atoms with Crippen molar-refractivity contribution < 1.29 is 8.42 Å². The van der Waals surface area contributed by atoms with Gasteiger partial charge in [0.05, 0.1) is 5.75 Å². The Morgan fingerprint density at radius 1 is 1.26 bits per heavy atom. The molecule has 4 nitrogen and oxygen atoms in total. The molecule has 0 amide bonds. The van der Waals surface area contributed by atoms with Gasteiger partial charge in [-0.2, -0.15) is 0 Å². The number of sulfonamides is 1. The molecule has 108 valence electrons. The average Bonchev–Trinajstić information content (AvgIpc) is 2.42. The lowest BCUT2D eigenvalue weighted by atomic mass is 10.1. The second-order valence-electron chi connectivity index (χ2n) is 4.75. The normalized spacial score (nSPS) is 13.4. The van der Waals surface area contributed by atoms with Gasteiger partial charge in [0.2, 0.25) is 10.0 Å². The molecular weight excluding hydrogens is 260 g/mol. The van der Waals surface area contributed by atoms with E-state index in [1.807, 2.05) is 30.3 Å². The summed E-state index contributed by atoms with van der Waals surface area (Å²) in [7, 11) is -3.25. The molecule has 0 aliphatic heterocycles. The molecule has 0 aliphatic rings. The first-order valence-electron chi connectivity index (χ1n) is 6.81. The van der Waals surface area contributed by atoms with E-state index in [1.54, 1.807) is 0 Å². The fourth-order valence-corrected chi connectivity index (χ4v) is 3.23. The largest absolute Gasteiger partial charge is 0.329 e. The van der Waals surface area contributed by atoms with Crippen molar-refractivity contribution in [2.45, 2.75) is 38.6 Å². The molecule has 1 rings (SSSR count). The maximum Gasteiger partial charge on any atom is 0.212 e. The Bertz CT molecular complexity index is 446. The second-order valence-corrected chi connectivity index (χ2v) is 6.62. The molecule has 1 aromatic rings. The molecule has 19 heavy (non-hydrogen) atoms. The summed E-state index contributed by atoms with van der Waals surface area (Å²) < 4.78 is 26.6. The Balaban J connectivity index is 2.46. The van der Waals surface area contributed by atoms with Gasteiger partial charge in [-0.3, -0.25) is 0 Å². The number of rotatable bonds is 9. The number of benzene rings is 1. The van der Waals surface area contributed by atoms with Gasteiger partial charge in [-0.15, -0.1) is 0 Å². The zero-order chi connectivity index (χ0) is 14.1. The molecule has 1 unspecified atom stereocenters. The highest BCUT2D eigenvalue weighted by Crippen LogP contribution is 2.04. The summed E-state index contributed by atoms with van der Waals surface area (Å²) in [6, 6.07) is 9.49. The lowest BCUT2D eigenvalue weighted by Gasteiger charge is -2.16. The van der Waals surface area contributed by atoms with Gasteiger partial charge in [-0.1, -0.05) is 50.1 Å². The van der Waals surface area contributed by atoms with Crippen LogP contribution in [-0.2, 0) is 16.4 Å². The van der Waals surface area contributed by atoms with E-state index in [0.29, 0.717) is 13.0 Å². The molecule has 0 saturated heterocycles. The van der Waals surface area contributed by atoms with E-state index >= 15 is 0 Å². The molecule has 0 saturated carbocycles. The van der Waals surface area contributed by atoms with E-state index in [4.69, 9.17) is 5.73 Å². The van der Waals surface area contributed by atoms with Gasteiger partial charge in [-0.25, -0.2) is 13.1 Å². The molecule has 0 bridgehead atoms. The number of hydrogen-bond donors (Lipinski definition) is 2. The van der Waals surface area contributed by atoms with Crippen LogP contribution in [0.4, 0.5) is 0 Å². The summed E-state index contributed by atoms with van der Waals surface area (Å²) in [5.74, 6) is 0.111. The van der Waals surface area contributed by atoms with Gasteiger partial charge >= 0.3 is 0 Å². The van der Waals surface area contributed by atoms with Gasteiger partial charge in [0, 0.05) is 12.6 Å². The molecule has 0 spiro atoms. The summed E-state index contributed by atoms with van der Waals surface area (Å²) in [6.07, 6.45) is 3.37. The minimum absolute atomic E-state index is 0.111. The Hall–Kier alpha value is -0.910. The maximum atomic E-state index is 12.0. The number of unbranched alkanes of at least 4 members (excludes halogenated alkanes) is 1. The van der Waals surface area contributed by atoms with E-state index in [9.17, 15) is 8.42 Å². The molecule has 0 radical (unpaired) electrons. The average molecular weight is 284 g/mol. The van der Waals surface area contributed by atoms with Gasteiger partial charge in [0.1, 0.15) is 0 Å². The van der Waals surface area contributed by atoms with E-state index < -0.39 is 10.0 Å². The van der Waals surface area contributed by atoms with Crippen molar-refractivity contribution in [2.24, 2.45) is 5.73 Å². The highest BCUT2D eigenvalue weighted by molar-refractivity contribution is 7.89. The van der Waals surface area contributed by atoms with Crippen molar-refractivity contribution in [3.63, 3.8) is 0 Å². The summed E-state index contributed by atoms with van der Waals surface area (Å²) in [5, 5.41) is 0. The quantitative estimate of drug-likeness (QED) is 0.724. The third kappa shape index (κ3) is 6.71. The van der Waals surface area contributed by atoms with Crippen molar-refractivity contribution >= 4 is 10.0 Å². The zero-order valence-electron chi connectivity index (χ0n) is 11.5. The minimum Gasteiger partial charge on any atom is -0.329 e. The summed E-state index contributed by atoms with van der Waals surface area (Å²) in [4.78, 5) is 0. The first-order valence-corrected chi connectivity index (χ1v) is 8.46. The number of aryl methyl sites for hydroxylation is 1. The Morgan fingerprint density at radius 2 is 1.95 bits per heavy atom. The van der Waals surface area contributed by atoms with Gasteiger partial charge in [-0.05, 0) is 18.4 Å². The molecule has 0 aromatic heterocycles. The predicted molar refractivity (Wildman–Crippen MR) is 79.4 cm³/mol. The highest BCUT2D eigenvalue weighted by Gasteiger charge is 2.16. The van der Waals surface area contributed by atoms with Gasteiger partial charge < -0.3 is 5.73 Å². The molecule has 0 fully saturated rings. The van der Waals surface area contributed by atoms with E-state index in [2.05, 4.69) is 11.6 Å². The van der Waals surface area contributed by atoms with Crippen LogP contribution in [0.3, 0.4) is 0 Å². The Labute approximate surface area is 116 Å². The fraction of sp³-hybridized carbons (Fsp3) is 0.571. The number of nitrogens with two attached hydrogens (primary N) is 1. The number of nitrogens with one attached hydrogen (secondary N) is 1. The molecule has 5 heteroatoms. The van der Waals surface area contributed by atoms with Crippen LogP contribution in [0.5, 0.6) is 0 Å². The minimum atomic E-state index is -3.25. The van der Waals surface area contributed by atoms with Crippen molar-refractivity contribution in [1.82, 2.24) is 4.72 Å². The van der Waals surface area contributed by atoms with Crippen LogP contribution in [0.15, 0.2) is 30.3 Å². The maximum absolute atomic E-state index is 12.0. The molecule has 0 heterocycles. The zero-order valence-corrected chi connectivity index (χ0v) is 12.3. The van der Waals surface area contributed by atoms with Crippen molar-refractivity contribution in [3.8, 4) is 0 Å². The van der Waals surface area contributed by atoms with Crippen LogP contribution in [0.25, 0.3) is 0 Å². The van der Waals surface area contributed by atoms with E-state index in [1.165, 1.54) is 0 Å². The smallest absolute Gasteiger partial charge is 0.212 e. The Kier molecular flexibility index (Phi) is 7.05. The van der Waals surface area contributed by atoms with Crippen LogP contribution < -0.4 is 10.5 Å². The van der Waals surface area contributed by atoms with Crippen LogP contribution in [0.1, 0.15) is 31.7 Å². The first-order chi connectivity index (χ1) is 9.07. The van der Waals surface area contributed by atoms with Gasteiger partial charge in [0.25, 0.3) is 0 Å². The van der Waals surface area contributed by atoms with Crippen LogP contribution in [0.2, 0.25) is 0 Å². The van der Waals surface area contributed by atoms with Crippen molar-refractivity contribution in [1.29, 1.82) is 0 Å². The van der Waals surface area contributed by atoms with E-state index in [0.717, 1.165) is 24.8 Å². The van der Waals surface area contributed by atoms with Crippen molar-refractivity contribution in [3.05, 3.63) is 35.9 Å². The van der Waals surface area contributed by atoms with Gasteiger partial charge in [0.15, 0.2) is 0 Å². The summed E-state index contributed by atoms with van der Waals surface area (Å²) >= 11 is 0. The molecule has 1 atom stereocenters. The molecule has 1 aromatic carbocycles. The van der Waals surface area contributed by atoms with Crippen LogP contribution in [-0.4, -0.2) is 26.8 Å². The van der Waals surface area contributed by atoms with Crippen molar-refractivity contribution in [2.75, 3.05) is 12.3 Å². The predicted octanol–water partition coefficient (Wildman–Crippen LogP) is 1.67.